The number of fused-ring (bicyclic) bond motifs is 3. The molecule has 35 heavy (non-hydrogen) atoms. The number of halogens is 1. The maximum Gasteiger partial charge on any atom is 0.411 e. The van der Waals surface area contributed by atoms with Crippen molar-refractivity contribution in [1.82, 2.24) is 24.6 Å². The van der Waals surface area contributed by atoms with Crippen molar-refractivity contribution in [3.63, 3.8) is 0 Å². The summed E-state index contributed by atoms with van der Waals surface area (Å²) in [5.74, 6) is 2.56. The van der Waals surface area contributed by atoms with Gasteiger partial charge in [-0.3, -0.25) is 9.47 Å². The molecule has 1 aliphatic carbocycles. The first-order valence-corrected chi connectivity index (χ1v) is 12.4. The van der Waals surface area contributed by atoms with E-state index in [0.29, 0.717) is 24.0 Å². The predicted octanol–water partition coefficient (Wildman–Crippen LogP) is 5.67. The van der Waals surface area contributed by atoms with Gasteiger partial charge in [0.1, 0.15) is 17.5 Å². The van der Waals surface area contributed by atoms with Crippen molar-refractivity contribution < 1.29 is 14.3 Å². The van der Waals surface area contributed by atoms with Crippen LogP contribution >= 0.6 is 11.6 Å². The third-order valence-electron chi connectivity index (χ3n) is 6.35. The molecule has 3 aromatic rings. The lowest BCUT2D eigenvalue weighted by Gasteiger charge is -2.28. The molecule has 0 bridgehead atoms. The van der Waals surface area contributed by atoms with Crippen molar-refractivity contribution in [3.8, 4) is 11.6 Å². The number of carbonyl (C=O) groups excluding carboxylic acids is 1. The number of benzene rings is 1. The number of carbonyl (C=O) groups is 1. The molecule has 1 amide bonds. The first-order valence-electron chi connectivity index (χ1n) is 12.1. The maximum absolute atomic E-state index is 13.0. The van der Waals surface area contributed by atoms with Gasteiger partial charge in [-0.15, -0.1) is 10.2 Å². The highest BCUT2D eigenvalue weighted by Gasteiger charge is 2.33. The van der Waals surface area contributed by atoms with Gasteiger partial charge < -0.3 is 9.47 Å². The molecule has 9 heteroatoms. The molecule has 0 spiro atoms. The Kier molecular flexibility index (Phi) is 6.40. The molecule has 0 unspecified atom stereocenters. The lowest BCUT2D eigenvalue weighted by molar-refractivity contribution is 0.0214. The minimum atomic E-state index is -0.588. The Labute approximate surface area is 210 Å². The van der Waals surface area contributed by atoms with Crippen LogP contribution in [-0.2, 0) is 17.8 Å². The number of nitrogens with zero attached hydrogens (tertiary/aromatic N) is 5. The van der Waals surface area contributed by atoms with E-state index in [1.165, 1.54) is 0 Å². The second kappa shape index (κ2) is 9.49. The zero-order valence-corrected chi connectivity index (χ0v) is 21.0. The molecule has 2 aliphatic rings. The molecule has 1 saturated carbocycles. The molecular formula is C26H30ClN5O3. The highest BCUT2D eigenvalue weighted by Crippen LogP contribution is 2.37. The van der Waals surface area contributed by atoms with Gasteiger partial charge in [-0.2, -0.15) is 0 Å². The van der Waals surface area contributed by atoms with E-state index >= 15 is 0 Å². The molecule has 0 radical (unpaired) electrons. The Balaban J connectivity index is 1.40. The van der Waals surface area contributed by atoms with Crippen LogP contribution < -0.4 is 4.74 Å². The molecule has 1 aliphatic heterocycles. The summed E-state index contributed by atoms with van der Waals surface area (Å²) in [6.45, 7) is 6.29. The van der Waals surface area contributed by atoms with E-state index in [0.717, 1.165) is 48.6 Å². The van der Waals surface area contributed by atoms with E-state index in [-0.39, 0.29) is 18.1 Å². The van der Waals surface area contributed by atoms with E-state index in [4.69, 9.17) is 21.1 Å². The Morgan fingerprint density at radius 1 is 1.06 bits per heavy atom. The number of hydrogen-bond donors (Lipinski definition) is 0. The van der Waals surface area contributed by atoms with Crippen molar-refractivity contribution in [2.75, 3.05) is 0 Å². The van der Waals surface area contributed by atoms with E-state index in [1.54, 1.807) is 11.1 Å². The molecule has 3 heterocycles. The predicted molar refractivity (Wildman–Crippen MR) is 132 cm³/mol. The summed E-state index contributed by atoms with van der Waals surface area (Å²) in [5.41, 5.74) is 1.31. The summed E-state index contributed by atoms with van der Waals surface area (Å²) >= 11 is 6.34. The van der Waals surface area contributed by atoms with Crippen molar-refractivity contribution in [1.29, 1.82) is 0 Å². The van der Waals surface area contributed by atoms with Crippen LogP contribution in [0.15, 0.2) is 42.6 Å². The van der Waals surface area contributed by atoms with Gasteiger partial charge in [0.25, 0.3) is 0 Å². The van der Waals surface area contributed by atoms with Gasteiger partial charge in [0, 0.05) is 23.2 Å². The van der Waals surface area contributed by atoms with Crippen LogP contribution in [0.1, 0.15) is 69.6 Å². The van der Waals surface area contributed by atoms with E-state index < -0.39 is 5.60 Å². The molecule has 1 fully saturated rings. The largest absolute Gasteiger partial charge is 0.474 e. The summed E-state index contributed by atoms with van der Waals surface area (Å²) < 4.78 is 13.8. The molecule has 5 rings (SSSR count). The minimum Gasteiger partial charge on any atom is -0.474 e. The fraction of sp³-hybridized carbons (Fsp3) is 0.462. The van der Waals surface area contributed by atoms with Gasteiger partial charge in [0.15, 0.2) is 5.82 Å². The molecular weight excluding hydrogens is 466 g/mol. The fourth-order valence-corrected chi connectivity index (χ4v) is 4.97. The van der Waals surface area contributed by atoms with Gasteiger partial charge in [0.2, 0.25) is 5.88 Å². The Bertz CT molecular complexity index is 1200. The van der Waals surface area contributed by atoms with Crippen LogP contribution in [0, 0.1) is 0 Å². The number of amides is 1. The first kappa shape index (κ1) is 23.6. The van der Waals surface area contributed by atoms with E-state index in [2.05, 4.69) is 19.7 Å². The summed E-state index contributed by atoms with van der Waals surface area (Å²) in [6, 6.07) is 11.5. The number of hydrogen-bond acceptors (Lipinski definition) is 6. The minimum absolute atomic E-state index is 0.140. The molecule has 184 valence electrons. The molecule has 0 saturated heterocycles. The maximum atomic E-state index is 13.0. The summed E-state index contributed by atoms with van der Waals surface area (Å²) in [5, 5.41) is 9.75. The van der Waals surface area contributed by atoms with Gasteiger partial charge in [-0.05, 0) is 76.3 Å². The van der Waals surface area contributed by atoms with Crippen molar-refractivity contribution in [3.05, 3.63) is 64.8 Å². The third kappa shape index (κ3) is 5.27. The zero-order chi connectivity index (χ0) is 24.6. The Hall–Kier alpha value is -3.13. The Morgan fingerprint density at radius 2 is 1.86 bits per heavy atom. The number of aromatic nitrogens is 4. The second-order valence-corrected chi connectivity index (χ2v) is 10.6. The summed E-state index contributed by atoms with van der Waals surface area (Å²) in [7, 11) is 0. The van der Waals surface area contributed by atoms with Gasteiger partial charge in [0.05, 0.1) is 18.8 Å². The smallest absolute Gasteiger partial charge is 0.411 e. The molecule has 0 atom stereocenters. The number of pyridine rings is 1. The fourth-order valence-electron chi connectivity index (χ4n) is 4.77. The topological polar surface area (TPSA) is 82.4 Å². The average Bonchev–Trinajstić information content (AvgIpc) is 3.15. The molecule has 8 nitrogen and oxygen atoms in total. The average molecular weight is 496 g/mol. The SMILES string of the molecule is CC(C)(C)OC(=O)N1Cc2cc(Cl)ccc2-n2c(nnc2C2CCC(Oc3ccccn3)CC2)C1. The van der Waals surface area contributed by atoms with E-state index in [9.17, 15) is 4.79 Å². The summed E-state index contributed by atoms with van der Waals surface area (Å²) in [6.07, 6.45) is 5.22. The lowest BCUT2D eigenvalue weighted by Crippen LogP contribution is -2.35. The number of rotatable bonds is 3. The van der Waals surface area contributed by atoms with Gasteiger partial charge >= 0.3 is 6.09 Å². The van der Waals surface area contributed by atoms with Crippen LogP contribution in [0.25, 0.3) is 5.69 Å². The highest BCUT2D eigenvalue weighted by molar-refractivity contribution is 6.30. The number of ether oxygens (including phenoxy) is 2. The van der Waals surface area contributed by atoms with Crippen LogP contribution in [0.2, 0.25) is 5.02 Å². The third-order valence-corrected chi connectivity index (χ3v) is 6.58. The zero-order valence-electron chi connectivity index (χ0n) is 20.3. The van der Waals surface area contributed by atoms with Gasteiger partial charge in [-0.25, -0.2) is 9.78 Å². The van der Waals surface area contributed by atoms with Gasteiger partial charge in [-0.1, -0.05) is 17.7 Å². The Morgan fingerprint density at radius 3 is 2.57 bits per heavy atom. The summed E-state index contributed by atoms with van der Waals surface area (Å²) in [4.78, 5) is 18.9. The molecule has 1 aromatic carbocycles. The van der Waals surface area contributed by atoms with Crippen LogP contribution in [0.4, 0.5) is 4.79 Å². The van der Waals surface area contributed by atoms with Crippen LogP contribution in [0.5, 0.6) is 5.88 Å². The monoisotopic (exact) mass is 495 g/mol. The van der Waals surface area contributed by atoms with Crippen molar-refractivity contribution in [2.45, 2.75) is 77.2 Å². The van der Waals surface area contributed by atoms with Crippen LogP contribution in [-0.4, -0.2) is 42.4 Å². The highest BCUT2D eigenvalue weighted by atomic mass is 35.5. The standard InChI is InChI=1S/C26H30ClN5O3/c1-26(2,3)35-25(33)31-15-18-14-19(27)9-12-21(18)32-22(16-31)29-30-24(32)17-7-10-20(11-8-17)34-23-6-4-5-13-28-23/h4-6,9,12-14,17,20H,7-8,10-11,15-16H2,1-3H3. The second-order valence-electron chi connectivity index (χ2n) is 10.2. The van der Waals surface area contributed by atoms with Crippen molar-refractivity contribution in [2.24, 2.45) is 0 Å². The molecule has 2 aromatic heterocycles. The normalized spacial score (nSPS) is 19.9. The first-order chi connectivity index (χ1) is 16.8. The molecule has 0 N–H and O–H groups in total. The van der Waals surface area contributed by atoms with Crippen LogP contribution in [0.3, 0.4) is 0 Å². The van der Waals surface area contributed by atoms with Crippen molar-refractivity contribution >= 4 is 17.7 Å². The van der Waals surface area contributed by atoms with E-state index in [1.807, 2.05) is 57.2 Å². The lowest BCUT2D eigenvalue weighted by atomic mass is 9.86. The quantitative estimate of drug-likeness (QED) is 0.465.